The van der Waals surface area contributed by atoms with Crippen molar-refractivity contribution in [3.05, 3.63) is 69.1 Å². The summed E-state index contributed by atoms with van der Waals surface area (Å²) in [6.07, 6.45) is 3.85. The van der Waals surface area contributed by atoms with Gasteiger partial charge in [-0.2, -0.15) is 4.98 Å². The molecule has 17 nitrogen and oxygen atoms in total. The van der Waals surface area contributed by atoms with E-state index < -0.39 is 23.3 Å². The molecule has 0 radical (unpaired) electrons. The summed E-state index contributed by atoms with van der Waals surface area (Å²) in [5, 5.41) is 9.12. The van der Waals surface area contributed by atoms with Crippen molar-refractivity contribution in [2.45, 2.75) is 70.5 Å². The molecule has 1 atom stereocenters. The maximum atomic E-state index is 16.2. The molecule has 2 aromatic carbocycles. The highest BCUT2D eigenvalue weighted by atomic mass is 35.5. The van der Waals surface area contributed by atoms with Gasteiger partial charge in [0.1, 0.15) is 16.8 Å². The van der Waals surface area contributed by atoms with Gasteiger partial charge in [0.15, 0.2) is 18.2 Å². The number of nitrogens with zero attached hydrogens (tertiary/aromatic N) is 7. The molecule has 5 aliphatic heterocycles. The molecule has 3 N–H and O–H groups in total. The van der Waals surface area contributed by atoms with E-state index in [4.69, 9.17) is 26.1 Å². The van der Waals surface area contributed by atoms with Crippen LogP contribution in [0.4, 0.5) is 31.9 Å². The van der Waals surface area contributed by atoms with Gasteiger partial charge < -0.3 is 39.4 Å². The third kappa shape index (κ3) is 8.35. The molecule has 1 spiro atoms. The van der Waals surface area contributed by atoms with E-state index in [-0.39, 0.29) is 86.6 Å². The molecule has 0 bridgehead atoms. The zero-order chi connectivity index (χ0) is 46.7. The number of hydrogen-bond acceptors (Lipinski definition) is 13. The Hall–Kier alpha value is -6.08. The Morgan fingerprint density at radius 2 is 1.77 bits per heavy atom. The van der Waals surface area contributed by atoms with Crippen molar-refractivity contribution < 1.29 is 37.4 Å². The fraction of sp³-hybridized carbons (Fsp3) is 0.500. The molecule has 4 saturated heterocycles. The van der Waals surface area contributed by atoms with Crippen LogP contribution in [0.15, 0.2) is 47.4 Å². The Morgan fingerprint density at radius 3 is 2.47 bits per heavy atom. The first-order valence-corrected chi connectivity index (χ1v) is 22.7. The molecule has 9 rings (SSSR count). The lowest BCUT2D eigenvalue weighted by atomic mass is 9.68. The summed E-state index contributed by atoms with van der Waals surface area (Å²) in [5.74, 6) is -2.97. The molecule has 1 unspecified atom stereocenters. The minimum Gasteiger partial charge on any atom is -0.496 e. The molecule has 2 aromatic heterocycles. The van der Waals surface area contributed by atoms with E-state index in [1.165, 1.54) is 19.1 Å². The number of hydrogen-bond donors (Lipinski definition) is 3. The molecule has 350 valence electrons. The van der Waals surface area contributed by atoms with Gasteiger partial charge in [-0.3, -0.25) is 34.2 Å². The largest absolute Gasteiger partial charge is 0.496 e. The summed E-state index contributed by atoms with van der Waals surface area (Å²) in [6, 6.07) is 9.75. The van der Waals surface area contributed by atoms with E-state index in [1.807, 2.05) is 47.9 Å². The number of carbonyl (C=O) groups is 4. The smallest absolute Gasteiger partial charge is 0.293 e. The van der Waals surface area contributed by atoms with Crippen molar-refractivity contribution in [2.24, 2.45) is 11.3 Å². The maximum absolute atomic E-state index is 16.2. The summed E-state index contributed by atoms with van der Waals surface area (Å²) in [5.41, 5.74) is 1.57. The van der Waals surface area contributed by atoms with E-state index >= 15 is 8.78 Å². The van der Waals surface area contributed by atoms with Gasteiger partial charge in [0.2, 0.25) is 17.8 Å². The van der Waals surface area contributed by atoms with Crippen molar-refractivity contribution in [3.63, 3.8) is 0 Å². The number of piperidine rings is 3. The first kappa shape index (κ1) is 45.1. The molecule has 4 aromatic rings. The van der Waals surface area contributed by atoms with Crippen molar-refractivity contribution >= 4 is 69.3 Å². The van der Waals surface area contributed by atoms with Crippen LogP contribution in [0.1, 0.15) is 67.9 Å². The van der Waals surface area contributed by atoms with Gasteiger partial charge in [-0.15, -0.1) is 0 Å². The average Bonchev–Trinajstić information content (AvgIpc) is 3.60. The second-order valence-electron chi connectivity index (χ2n) is 18.3. The van der Waals surface area contributed by atoms with Gasteiger partial charge in [-0.1, -0.05) is 11.6 Å². The van der Waals surface area contributed by atoms with E-state index in [0.717, 1.165) is 12.8 Å². The molecule has 4 amide bonds. The van der Waals surface area contributed by atoms with Crippen LogP contribution in [-0.2, 0) is 20.9 Å². The van der Waals surface area contributed by atoms with E-state index in [1.54, 1.807) is 22.9 Å². The fourth-order valence-electron chi connectivity index (χ4n) is 10.1. The van der Waals surface area contributed by atoms with Gasteiger partial charge in [-0.25, -0.2) is 13.8 Å². The van der Waals surface area contributed by atoms with Crippen molar-refractivity contribution in [1.82, 2.24) is 35.0 Å². The lowest BCUT2D eigenvalue weighted by Crippen LogP contribution is -2.70. The number of anilines is 4. The first-order valence-electron chi connectivity index (χ1n) is 22.3. The molecule has 0 saturated carbocycles. The number of benzene rings is 2. The number of aromatic nitrogens is 3. The van der Waals surface area contributed by atoms with E-state index in [2.05, 4.69) is 25.8 Å². The van der Waals surface area contributed by atoms with Crippen molar-refractivity contribution in [3.8, 4) is 11.5 Å². The number of halogens is 3. The number of ether oxygens (including phenoxy) is 2. The minimum absolute atomic E-state index is 0.0597. The minimum atomic E-state index is -2.91. The number of nitrogens with one attached hydrogen (secondary N) is 3. The Kier molecular flexibility index (Phi) is 12.0. The van der Waals surface area contributed by atoms with E-state index in [0.29, 0.717) is 88.5 Å². The normalized spacial score (nSPS) is 20.7. The van der Waals surface area contributed by atoms with Gasteiger partial charge in [0.05, 0.1) is 36.3 Å². The van der Waals surface area contributed by atoms with Gasteiger partial charge in [0, 0.05) is 81.6 Å². The van der Waals surface area contributed by atoms with Crippen molar-refractivity contribution in [2.75, 3.05) is 81.7 Å². The predicted octanol–water partition coefficient (Wildman–Crippen LogP) is 4.73. The maximum Gasteiger partial charge on any atom is 0.293 e. The highest BCUT2D eigenvalue weighted by Crippen LogP contribution is 2.52. The SMILES string of the molecule is CNC(=O)COc1cc2cc(Nc3nc(N4CCC(CN5CCC6(CN(c7cc8c(c(OC)c7)C(=O)N(C7CCC(=O)NC7=O)C8)C6)C(F)(F)C5)CC4)ncc3Cl)ccc2n(C(C)C)c1=O. The molecule has 20 heteroatoms. The quantitative estimate of drug-likeness (QED) is 0.166. The number of pyridine rings is 1. The fourth-order valence-corrected chi connectivity index (χ4v) is 10.3. The second kappa shape index (κ2) is 17.6. The van der Waals surface area contributed by atoms with Crippen LogP contribution < -0.4 is 40.8 Å². The Labute approximate surface area is 384 Å². The number of carbonyl (C=O) groups excluding carboxylic acids is 4. The summed E-state index contributed by atoms with van der Waals surface area (Å²) < 4.78 is 45.2. The zero-order valence-electron chi connectivity index (χ0n) is 37.3. The highest BCUT2D eigenvalue weighted by molar-refractivity contribution is 6.33. The van der Waals surface area contributed by atoms with Crippen molar-refractivity contribution in [1.29, 1.82) is 0 Å². The Morgan fingerprint density at radius 1 is 1.00 bits per heavy atom. The summed E-state index contributed by atoms with van der Waals surface area (Å²) in [4.78, 5) is 79.5. The lowest BCUT2D eigenvalue weighted by Gasteiger charge is -2.58. The number of fused-ring (bicyclic) bond motifs is 2. The number of likely N-dealkylation sites (N-methyl/N-ethyl adjacent to an activating group) is 1. The van der Waals surface area contributed by atoms with Crippen LogP contribution in [-0.4, -0.2) is 127 Å². The Balaban J connectivity index is 0.796. The molecular weight excluding hydrogens is 878 g/mol. The summed E-state index contributed by atoms with van der Waals surface area (Å²) >= 11 is 6.59. The molecule has 4 fully saturated rings. The molecule has 66 heavy (non-hydrogen) atoms. The molecule has 5 aliphatic rings. The summed E-state index contributed by atoms with van der Waals surface area (Å²) in [6.45, 7) is 6.15. The standard InChI is InChI=1S/C46H53ClF2N10O7/c1-26(2)59-33-6-5-30(15-28(33)17-36(42(59)63)66-22-38(61)50-3)52-40-32(47)19-51-44(54-40)56-12-9-27(10-13-56)20-55-14-11-45(46(48,49)25-55)23-57(24-45)31-16-29-21-58(34-7-8-37(60)53-41(34)62)43(64)39(29)35(18-31)65-4/h5-6,15-19,26-27,34H,7-14,20-25H2,1-4H3,(H,50,61)(H,51,52,54)(H,53,60,62). The van der Waals surface area contributed by atoms with Gasteiger partial charge in [0.25, 0.3) is 23.3 Å². The van der Waals surface area contributed by atoms with Crippen LogP contribution in [0.5, 0.6) is 11.5 Å². The second-order valence-corrected chi connectivity index (χ2v) is 18.8. The highest BCUT2D eigenvalue weighted by Gasteiger charge is 2.62. The summed E-state index contributed by atoms with van der Waals surface area (Å²) in [7, 11) is 2.95. The number of rotatable bonds is 12. The topological polar surface area (TPSA) is 184 Å². The predicted molar refractivity (Wildman–Crippen MR) is 243 cm³/mol. The number of likely N-dealkylation sites (tertiary alicyclic amines) is 1. The van der Waals surface area contributed by atoms with Gasteiger partial charge in [-0.05, 0) is 87.9 Å². The van der Waals surface area contributed by atoms with Crippen LogP contribution in [0, 0.1) is 11.3 Å². The van der Waals surface area contributed by atoms with Gasteiger partial charge >= 0.3 is 0 Å². The molecule has 0 aliphatic carbocycles. The monoisotopic (exact) mass is 930 g/mol. The molecule has 7 heterocycles. The third-order valence-electron chi connectivity index (χ3n) is 13.8. The number of alkyl halides is 2. The number of imide groups is 1. The first-order chi connectivity index (χ1) is 31.6. The Bertz CT molecular complexity index is 2670. The van der Waals surface area contributed by atoms with Crippen LogP contribution in [0.2, 0.25) is 5.02 Å². The van der Waals surface area contributed by atoms with Crippen LogP contribution in [0.3, 0.4) is 0 Å². The third-order valence-corrected chi connectivity index (χ3v) is 14.1. The average molecular weight is 931 g/mol. The zero-order valence-corrected chi connectivity index (χ0v) is 38.1. The van der Waals surface area contributed by atoms with E-state index in [9.17, 15) is 24.0 Å². The molecular formula is C46H53ClF2N10O7. The van der Waals surface area contributed by atoms with Crippen LogP contribution in [0.25, 0.3) is 10.9 Å². The number of amides is 4. The lowest BCUT2D eigenvalue weighted by molar-refractivity contribution is -0.181. The van der Waals surface area contributed by atoms with Crippen LogP contribution >= 0.6 is 11.6 Å². The number of methoxy groups -OCH3 is 1.